The molecule has 0 atom stereocenters. The zero-order chi connectivity index (χ0) is 10.7. The van der Waals surface area contributed by atoms with Crippen molar-refractivity contribution in [2.24, 2.45) is 5.84 Å². The summed E-state index contributed by atoms with van der Waals surface area (Å²) in [4.78, 5) is 10.8. The maximum absolute atomic E-state index is 5.35. The number of hydrazine groups is 1. The number of nitrogens with two attached hydrogens (primary N) is 1. The average Bonchev–Trinajstić information content (AvgIpc) is 2.29. The van der Waals surface area contributed by atoms with Gasteiger partial charge in [-0.25, -0.2) is 15.8 Å². The highest BCUT2D eigenvalue weighted by atomic mass is 15.3. The Hall–Kier alpha value is -1.40. The molecule has 6 nitrogen and oxygen atoms in total. The summed E-state index contributed by atoms with van der Waals surface area (Å²) in [5.74, 6) is 7.69. The van der Waals surface area contributed by atoms with E-state index in [0.29, 0.717) is 5.82 Å². The monoisotopic (exact) mass is 208 g/mol. The van der Waals surface area contributed by atoms with Gasteiger partial charge in [-0.15, -0.1) is 0 Å². The highest BCUT2D eigenvalue weighted by Crippen LogP contribution is 2.15. The quantitative estimate of drug-likeness (QED) is 0.448. The van der Waals surface area contributed by atoms with Crippen molar-refractivity contribution in [3.05, 3.63) is 11.9 Å². The lowest BCUT2D eigenvalue weighted by molar-refractivity contribution is 0.584. The lowest BCUT2D eigenvalue weighted by Crippen LogP contribution is -2.44. The molecule has 4 N–H and O–H groups in total. The molecule has 0 aliphatic carbocycles. The van der Waals surface area contributed by atoms with Crippen LogP contribution in [0.25, 0.3) is 0 Å². The Morgan fingerprint density at radius 3 is 2.80 bits per heavy atom. The fraction of sp³-hybridized carbons (Fsp3) is 0.556. The van der Waals surface area contributed by atoms with Gasteiger partial charge in [0.05, 0.1) is 0 Å². The van der Waals surface area contributed by atoms with Crippen LogP contribution >= 0.6 is 0 Å². The minimum absolute atomic E-state index is 0.663. The smallest absolute Gasteiger partial charge is 0.145 e. The molecule has 0 saturated carbocycles. The molecule has 0 bridgehead atoms. The van der Waals surface area contributed by atoms with Gasteiger partial charge in [0, 0.05) is 32.2 Å². The maximum atomic E-state index is 5.35. The lowest BCUT2D eigenvalue weighted by atomic mass is 10.3. The van der Waals surface area contributed by atoms with Crippen molar-refractivity contribution in [1.29, 1.82) is 0 Å². The second-order valence-corrected chi connectivity index (χ2v) is 3.54. The van der Waals surface area contributed by atoms with Gasteiger partial charge in [-0.2, -0.15) is 0 Å². The summed E-state index contributed by atoms with van der Waals surface area (Å²) in [6, 6.07) is 1.87. The second-order valence-electron chi connectivity index (χ2n) is 3.54. The van der Waals surface area contributed by atoms with Crippen molar-refractivity contribution in [3.8, 4) is 0 Å². The number of aromatic nitrogens is 2. The first-order chi connectivity index (χ1) is 7.29. The third-order valence-corrected chi connectivity index (χ3v) is 2.41. The van der Waals surface area contributed by atoms with Crippen LogP contribution in [0.5, 0.6) is 0 Å². The molecule has 0 radical (unpaired) electrons. The van der Waals surface area contributed by atoms with Gasteiger partial charge in [0.2, 0.25) is 0 Å². The van der Waals surface area contributed by atoms with Crippen LogP contribution in [0.3, 0.4) is 0 Å². The van der Waals surface area contributed by atoms with Crippen LogP contribution in [-0.4, -0.2) is 36.1 Å². The molecule has 1 aromatic rings. The molecular formula is C9H16N6. The van der Waals surface area contributed by atoms with E-state index in [1.807, 2.05) is 13.0 Å². The highest BCUT2D eigenvalue weighted by molar-refractivity contribution is 5.49. The first-order valence-corrected chi connectivity index (χ1v) is 5.07. The average molecular weight is 208 g/mol. The SMILES string of the molecule is Cc1nc(NN)cc(N2CCNCC2)n1. The standard InChI is InChI=1S/C9H16N6/c1-7-12-8(14-10)6-9(13-7)15-4-2-11-3-5-15/h6,11H,2-5,10H2,1H3,(H,12,13,14). The Labute approximate surface area is 88.9 Å². The molecule has 0 unspecified atom stereocenters. The van der Waals surface area contributed by atoms with Crippen molar-refractivity contribution in [3.63, 3.8) is 0 Å². The van der Waals surface area contributed by atoms with Gasteiger partial charge < -0.3 is 15.6 Å². The van der Waals surface area contributed by atoms with E-state index in [-0.39, 0.29) is 0 Å². The van der Waals surface area contributed by atoms with Gasteiger partial charge in [0.1, 0.15) is 17.5 Å². The van der Waals surface area contributed by atoms with E-state index < -0.39 is 0 Å². The van der Waals surface area contributed by atoms with Crippen LogP contribution in [0.2, 0.25) is 0 Å². The number of piperazine rings is 1. The largest absolute Gasteiger partial charge is 0.354 e. The number of rotatable bonds is 2. The zero-order valence-electron chi connectivity index (χ0n) is 8.82. The molecule has 15 heavy (non-hydrogen) atoms. The minimum atomic E-state index is 0.663. The van der Waals surface area contributed by atoms with E-state index in [2.05, 4.69) is 25.6 Å². The normalized spacial score (nSPS) is 16.5. The predicted molar refractivity (Wildman–Crippen MR) is 59.7 cm³/mol. The highest BCUT2D eigenvalue weighted by Gasteiger charge is 2.12. The Morgan fingerprint density at radius 2 is 2.13 bits per heavy atom. The molecule has 0 aromatic carbocycles. The van der Waals surface area contributed by atoms with Crippen LogP contribution < -0.4 is 21.5 Å². The van der Waals surface area contributed by atoms with Gasteiger partial charge in [0.15, 0.2) is 0 Å². The summed E-state index contributed by atoms with van der Waals surface area (Å²) < 4.78 is 0. The summed E-state index contributed by atoms with van der Waals surface area (Å²) in [6.07, 6.45) is 0. The van der Waals surface area contributed by atoms with Crippen LogP contribution in [-0.2, 0) is 0 Å². The fourth-order valence-corrected chi connectivity index (χ4v) is 1.68. The van der Waals surface area contributed by atoms with Crippen molar-refractivity contribution < 1.29 is 0 Å². The Balaban J connectivity index is 2.22. The molecule has 2 heterocycles. The number of nitrogen functional groups attached to an aromatic ring is 1. The second kappa shape index (κ2) is 4.41. The molecule has 2 rings (SSSR count). The molecule has 82 valence electrons. The molecule has 0 spiro atoms. The molecule has 1 saturated heterocycles. The third-order valence-electron chi connectivity index (χ3n) is 2.41. The van der Waals surface area contributed by atoms with Crippen molar-refractivity contribution >= 4 is 11.6 Å². The van der Waals surface area contributed by atoms with Crippen LogP contribution in [0.4, 0.5) is 11.6 Å². The van der Waals surface area contributed by atoms with Crippen molar-refractivity contribution in [2.45, 2.75) is 6.92 Å². The molecule has 1 aliphatic rings. The maximum Gasteiger partial charge on any atom is 0.145 e. The van der Waals surface area contributed by atoms with E-state index in [1.165, 1.54) is 0 Å². The first-order valence-electron chi connectivity index (χ1n) is 5.07. The number of hydrogen-bond acceptors (Lipinski definition) is 6. The van der Waals surface area contributed by atoms with E-state index in [4.69, 9.17) is 5.84 Å². The summed E-state index contributed by atoms with van der Waals surface area (Å²) in [7, 11) is 0. The Morgan fingerprint density at radius 1 is 1.40 bits per heavy atom. The molecule has 6 heteroatoms. The predicted octanol–water partition coefficient (Wildman–Crippen LogP) is -0.520. The van der Waals surface area contributed by atoms with Gasteiger partial charge in [-0.1, -0.05) is 0 Å². The molecule has 1 aliphatic heterocycles. The summed E-state index contributed by atoms with van der Waals surface area (Å²) in [5.41, 5.74) is 2.55. The van der Waals surface area contributed by atoms with Gasteiger partial charge >= 0.3 is 0 Å². The molecule has 0 amide bonds. The first kappa shape index (κ1) is 10.1. The van der Waals surface area contributed by atoms with Crippen molar-refractivity contribution in [2.75, 3.05) is 36.5 Å². The molecule has 1 fully saturated rings. The number of hydrogen-bond donors (Lipinski definition) is 3. The van der Waals surface area contributed by atoms with Crippen LogP contribution in [0.15, 0.2) is 6.07 Å². The number of nitrogens with one attached hydrogen (secondary N) is 2. The summed E-state index contributed by atoms with van der Waals surface area (Å²) >= 11 is 0. The number of nitrogens with zero attached hydrogens (tertiary/aromatic N) is 3. The lowest BCUT2D eigenvalue weighted by Gasteiger charge is -2.28. The minimum Gasteiger partial charge on any atom is -0.354 e. The molecule has 1 aromatic heterocycles. The number of aryl methyl sites for hydroxylation is 1. The van der Waals surface area contributed by atoms with Gasteiger partial charge in [0.25, 0.3) is 0 Å². The third kappa shape index (κ3) is 2.34. The van der Waals surface area contributed by atoms with E-state index in [0.717, 1.165) is 37.8 Å². The van der Waals surface area contributed by atoms with E-state index in [9.17, 15) is 0 Å². The van der Waals surface area contributed by atoms with Gasteiger partial charge in [-0.3, -0.25) is 0 Å². The Kier molecular flexibility index (Phi) is 2.98. The molecular weight excluding hydrogens is 192 g/mol. The fourth-order valence-electron chi connectivity index (χ4n) is 1.68. The Bertz CT molecular complexity index is 333. The summed E-state index contributed by atoms with van der Waals surface area (Å²) in [6.45, 7) is 5.80. The zero-order valence-corrected chi connectivity index (χ0v) is 8.82. The van der Waals surface area contributed by atoms with E-state index >= 15 is 0 Å². The number of anilines is 2. The van der Waals surface area contributed by atoms with Crippen LogP contribution in [0.1, 0.15) is 5.82 Å². The topological polar surface area (TPSA) is 79.1 Å². The summed E-state index contributed by atoms with van der Waals surface area (Å²) in [5, 5.41) is 3.30. The van der Waals surface area contributed by atoms with Crippen molar-refractivity contribution in [1.82, 2.24) is 15.3 Å². The van der Waals surface area contributed by atoms with Crippen LogP contribution in [0, 0.1) is 6.92 Å². The van der Waals surface area contributed by atoms with E-state index in [1.54, 1.807) is 0 Å². The van der Waals surface area contributed by atoms with Gasteiger partial charge in [-0.05, 0) is 6.92 Å².